The first-order valence-electron chi connectivity index (χ1n) is 22.8. The van der Waals surface area contributed by atoms with Crippen molar-refractivity contribution in [2.24, 2.45) is 0 Å². The van der Waals surface area contributed by atoms with Crippen LogP contribution in [-0.4, -0.2) is 41.9 Å². The molecule has 0 aromatic carbocycles. The minimum Gasteiger partial charge on any atom is -0.391 e. The predicted octanol–water partition coefficient (Wildman–Crippen LogP) is 14.0. The molecule has 0 fully saturated rings. The first kappa shape index (κ1) is 53.5. The fourth-order valence-corrected chi connectivity index (χ4v) is 7.26. The van der Waals surface area contributed by atoms with Gasteiger partial charge in [-0.1, -0.05) is 214 Å². The van der Waals surface area contributed by atoms with Crippen LogP contribution in [-0.2, 0) is 14.9 Å². The Morgan fingerprint density at radius 3 is 1.20 bits per heavy atom. The fraction of sp³-hybridized carbons (Fsp3) is 0.694. The number of hydrogen-bond donors (Lipinski definition) is 3. The quantitative estimate of drug-likeness (QED) is 0.0325. The van der Waals surface area contributed by atoms with Crippen LogP contribution < -0.4 is 5.32 Å². The zero-order valence-corrected chi connectivity index (χ0v) is 36.8. The zero-order valence-electron chi connectivity index (χ0n) is 36.0. The number of rotatable bonds is 40. The van der Waals surface area contributed by atoms with Crippen molar-refractivity contribution in [1.82, 2.24) is 5.32 Å². The molecule has 322 valence electrons. The molecule has 0 heterocycles. The van der Waals surface area contributed by atoms with E-state index in [1.54, 1.807) is 0 Å². The van der Waals surface area contributed by atoms with Crippen molar-refractivity contribution >= 4 is 16.0 Å². The smallest absolute Gasteiger partial charge is 0.266 e. The van der Waals surface area contributed by atoms with Crippen LogP contribution in [0.25, 0.3) is 0 Å². The summed E-state index contributed by atoms with van der Waals surface area (Å²) in [7, 11) is -4.34. The van der Waals surface area contributed by atoms with Crippen molar-refractivity contribution in [2.45, 2.75) is 212 Å². The third-order valence-corrected chi connectivity index (χ3v) is 10.6. The summed E-state index contributed by atoms with van der Waals surface area (Å²) in [6.07, 6.45) is 61.1. The molecular weight excluding hydrogens is 715 g/mol. The summed E-state index contributed by atoms with van der Waals surface area (Å²) in [5.41, 5.74) is 0. The molecule has 0 rings (SSSR count). The summed E-state index contributed by atoms with van der Waals surface area (Å²) in [6.45, 7) is 4.42. The second kappa shape index (κ2) is 42.1. The number of aliphatic hydroxyl groups excluding tert-OH is 1. The highest BCUT2D eigenvalue weighted by Crippen LogP contribution is 2.16. The van der Waals surface area contributed by atoms with Crippen LogP contribution in [0.1, 0.15) is 200 Å². The van der Waals surface area contributed by atoms with Gasteiger partial charge in [0.2, 0.25) is 5.91 Å². The molecule has 0 aliphatic heterocycles. The van der Waals surface area contributed by atoms with Gasteiger partial charge in [0.05, 0.1) is 17.9 Å². The van der Waals surface area contributed by atoms with Crippen molar-refractivity contribution in [3.05, 3.63) is 85.1 Å². The summed E-state index contributed by atoms with van der Waals surface area (Å²) in [5, 5.41) is 13.4. The Morgan fingerprint density at radius 1 is 0.500 bits per heavy atom. The van der Waals surface area contributed by atoms with Gasteiger partial charge in [-0.05, 0) is 64.2 Å². The topological polar surface area (TPSA) is 104 Å². The van der Waals surface area contributed by atoms with Gasteiger partial charge >= 0.3 is 0 Å². The van der Waals surface area contributed by atoms with Crippen molar-refractivity contribution in [3.8, 4) is 0 Å². The Hall–Kier alpha value is -2.48. The van der Waals surface area contributed by atoms with Gasteiger partial charge in [-0.15, -0.1) is 0 Å². The number of aliphatic hydroxyl groups is 1. The molecule has 0 aliphatic rings. The molecule has 2 atom stereocenters. The highest BCUT2D eigenvalue weighted by atomic mass is 32.2. The van der Waals surface area contributed by atoms with Gasteiger partial charge in [0.15, 0.2) is 0 Å². The van der Waals surface area contributed by atoms with Crippen LogP contribution in [0, 0.1) is 0 Å². The summed E-state index contributed by atoms with van der Waals surface area (Å²) in [4.78, 5) is 12.6. The Balaban J connectivity index is 3.97. The lowest BCUT2D eigenvalue weighted by Crippen LogP contribution is -2.47. The Morgan fingerprint density at radius 2 is 0.839 bits per heavy atom. The third-order valence-electron chi connectivity index (χ3n) is 9.86. The molecule has 6 nitrogen and oxygen atoms in total. The summed E-state index contributed by atoms with van der Waals surface area (Å²) >= 11 is 0. The second-order valence-electron chi connectivity index (χ2n) is 15.3. The van der Waals surface area contributed by atoms with Crippen molar-refractivity contribution in [1.29, 1.82) is 0 Å². The Bertz CT molecular complexity index is 1200. The van der Waals surface area contributed by atoms with Gasteiger partial charge in [0, 0.05) is 6.42 Å². The lowest BCUT2D eigenvalue weighted by molar-refractivity contribution is -0.122. The minimum absolute atomic E-state index is 0.234. The maximum Gasteiger partial charge on any atom is 0.266 e. The van der Waals surface area contributed by atoms with E-state index in [0.29, 0.717) is 12.8 Å². The zero-order chi connectivity index (χ0) is 41.1. The summed E-state index contributed by atoms with van der Waals surface area (Å²) in [5.74, 6) is -0.981. The van der Waals surface area contributed by atoms with Gasteiger partial charge in [0.1, 0.15) is 0 Å². The van der Waals surface area contributed by atoms with E-state index in [1.807, 2.05) is 0 Å². The number of unbranched alkanes of at least 4 members (excludes halogenated alkanes) is 18. The summed E-state index contributed by atoms with van der Waals surface area (Å²) < 4.78 is 32.6. The molecule has 56 heavy (non-hydrogen) atoms. The number of amides is 1. The standard InChI is InChI=1S/C49H85NO5S/c1-3-5-7-9-11-13-15-17-19-21-23-24-25-26-27-29-31-33-35-37-39-41-43-45-49(52)50-47(46-56(53,54)55)48(51)44-42-40-38-36-34-32-30-28-22-20-18-16-14-12-10-8-6-4-2/h5,7,11,13,17,19,23-24,26-27,31,33,37,39,47-48,51H,3-4,6,8-10,12,14-16,18,20-22,25,28-30,32,34-36,38,40-46H2,1-2H3,(H,50,52)(H,53,54,55)/b7-5-,13-11-,19-17-,24-23-,27-26-,33-31-,39-37-. The van der Waals surface area contributed by atoms with Crippen molar-refractivity contribution in [3.63, 3.8) is 0 Å². The van der Waals surface area contributed by atoms with Gasteiger partial charge in [0.25, 0.3) is 10.1 Å². The van der Waals surface area contributed by atoms with Crippen molar-refractivity contribution in [2.75, 3.05) is 5.75 Å². The molecule has 2 unspecified atom stereocenters. The van der Waals surface area contributed by atoms with Crippen LogP contribution in [0.5, 0.6) is 0 Å². The normalized spacial score (nSPS) is 14.0. The van der Waals surface area contributed by atoms with Crippen LogP contribution in [0.2, 0.25) is 0 Å². The summed E-state index contributed by atoms with van der Waals surface area (Å²) in [6, 6.07) is -1.01. The molecule has 0 bridgehead atoms. The molecular formula is C49H85NO5S. The Labute approximate surface area is 346 Å². The van der Waals surface area contributed by atoms with E-state index in [2.05, 4.69) is 104 Å². The highest BCUT2D eigenvalue weighted by molar-refractivity contribution is 7.85. The first-order chi connectivity index (χ1) is 27.3. The monoisotopic (exact) mass is 800 g/mol. The molecule has 0 saturated carbocycles. The van der Waals surface area contributed by atoms with E-state index < -0.39 is 28.0 Å². The first-order valence-corrected chi connectivity index (χ1v) is 24.4. The van der Waals surface area contributed by atoms with Gasteiger partial charge < -0.3 is 10.4 Å². The fourth-order valence-electron chi connectivity index (χ4n) is 6.50. The molecule has 3 N–H and O–H groups in total. The largest absolute Gasteiger partial charge is 0.391 e. The molecule has 0 aliphatic carbocycles. The van der Waals surface area contributed by atoms with Gasteiger partial charge in [-0.25, -0.2) is 0 Å². The molecule has 7 heteroatoms. The molecule has 0 spiro atoms. The Kier molecular flexibility index (Phi) is 40.3. The maximum absolute atomic E-state index is 12.6. The van der Waals surface area contributed by atoms with Gasteiger partial charge in [-0.3, -0.25) is 9.35 Å². The number of allylic oxidation sites excluding steroid dienone is 14. The molecule has 0 radical (unpaired) electrons. The van der Waals surface area contributed by atoms with E-state index in [9.17, 15) is 22.9 Å². The number of carbonyl (C=O) groups excluding carboxylic acids is 1. The molecule has 1 amide bonds. The number of hydrogen-bond acceptors (Lipinski definition) is 4. The van der Waals surface area contributed by atoms with Crippen molar-refractivity contribution < 1.29 is 22.9 Å². The maximum atomic E-state index is 12.6. The number of nitrogens with one attached hydrogen (secondary N) is 1. The average Bonchev–Trinajstić information content (AvgIpc) is 3.16. The molecule has 0 aromatic rings. The molecule has 0 saturated heterocycles. The van der Waals surface area contributed by atoms with E-state index in [4.69, 9.17) is 0 Å². The lowest BCUT2D eigenvalue weighted by atomic mass is 10.0. The van der Waals surface area contributed by atoms with Gasteiger partial charge in [-0.2, -0.15) is 8.42 Å². The SMILES string of the molecule is CC/C=C\C/C=C\C/C=C\C/C=C\C/C=C\C/C=C\C/C=C\CCCC(=O)NC(CS(=O)(=O)O)C(O)CCCCCCCCCCCCCCCCCCCC. The second-order valence-corrected chi connectivity index (χ2v) is 16.8. The lowest BCUT2D eigenvalue weighted by Gasteiger charge is -2.23. The van der Waals surface area contributed by atoms with Crippen LogP contribution in [0.4, 0.5) is 0 Å². The highest BCUT2D eigenvalue weighted by Gasteiger charge is 2.26. The molecule has 0 aromatic heterocycles. The van der Waals surface area contributed by atoms with E-state index in [-0.39, 0.29) is 12.3 Å². The minimum atomic E-state index is -4.34. The van der Waals surface area contributed by atoms with E-state index >= 15 is 0 Å². The predicted molar refractivity (Wildman–Crippen MR) is 244 cm³/mol. The number of carbonyl (C=O) groups is 1. The van der Waals surface area contributed by atoms with E-state index in [0.717, 1.165) is 70.6 Å². The van der Waals surface area contributed by atoms with Crippen LogP contribution in [0.3, 0.4) is 0 Å². The average molecular weight is 800 g/mol. The van der Waals surface area contributed by atoms with Crippen LogP contribution >= 0.6 is 0 Å². The third kappa shape index (κ3) is 42.7. The van der Waals surface area contributed by atoms with E-state index in [1.165, 1.54) is 96.3 Å². The van der Waals surface area contributed by atoms with Crippen LogP contribution in [0.15, 0.2) is 85.1 Å².